The van der Waals surface area contributed by atoms with Crippen molar-refractivity contribution in [3.05, 3.63) is 88.4 Å². The van der Waals surface area contributed by atoms with Crippen LogP contribution < -0.4 is 15.8 Å². The maximum Gasteiger partial charge on any atom is 0.337 e. The second-order valence-corrected chi connectivity index (χ2v) is 10.7. The van der Waals surface area contributed by atoms with Crippen molar-refractivity contribution in [2.75, 3.05) is 11.9 Å². The quantitative estimate of drug-likeness (QED) is 0.222. The smallest absolute Gasteiger partial charge is 0.337 e. The standard InChI is InChI=1S/C31H28N4O4S/c1-2-11-35-17-25-26(34-35)8-7-21(28(25)31(37)38)22-15-27-24(29-19(9-12-39-27)10-13-40-29)14-23(22)30(36)33-20-5-3-18(16-32)4-6-20/h3-8,10,13-15,17H,2,9,11-12,16,32H2,1H3,(H,33,36)(H,37,38). The van der Waals surface area contributed by atoms with Crippen molar-refractivity contribution in [3.8, 4) is 27.3 Å². The van der Waals surface area contributed by atoms with E-state index in [1.807, 2.05) is 30.5 Å². The largest absolute Gasteiger partial charge is 0.493 e. The van der Waals surface area contributed by atoms with Gasteiger partial charge >= 0.3 is 5.97 Å². The van der Waals surface area contributed by atoms with Gasteiger partial charge in [-0.1, -0.05) is 25.1 Å². The van der Waals surface area contributed by atoms with Gasteiger partial charge in [-0.05, 0) is 70.5 Å². The van der Waals surface area contributed by atoms with Gasteiger partial charge in [-0.15, -0.1) is 11.3 Å². The van der Waals surface area contributed by atoms with Crippen LogP contribution >= 0.6 is 11.3 Å². The predicted octanol–water partition coefficient (Wildman–Crippen LogP) is 6.19. The summed E-state index contributed by atoms with van der Waals surface area (Å²) in [6, 6.07) is 16.6. The Hall–Kier alpha value is -4.47. The molecule has 4 N–H and O–H groups in total. The molecule has 5 aromatic rings. The highest BCUT2D eigenvalue weighted by atomic mass is 32.1. The summed E-state index contributed by atoms with van der Waals surface area (Å²) in [7, 11) is 0. The predicted molar refractivity (Wildman–Crippen MR) is 157 cm³/mol. The first-order valence-corrected chi connectivity index (χ1v) is 14.1. The maximum atomic E-state index is 13.9. The first kappa shape index (κ1) is 25.8. The van der Waals surface area contributed by atoms with Crippen molar-refractivity contribution in [1.82, 2.24) is 9.78 Å². The van der Waals surface area contributed by atoms with Crippen LogP contribution in [-0.2, 0) is 19.5 Å². The number of amides is 1. The Kier molecular flexibility index (Phi) is 6.83. The zero-order valence-electron chi connectivity index (χ0n) is 21.9. The highest BCUT2D eigenvalue weighted by Gasteiger charge is 2.26. The van der Waals surface area contributed by atoms with Crippen LogP contribution in [0.1, 0.15) is 45.2 Å². The van der Waals surface area contributed by atoms with Gasteiger partial charge in [0.15, 0.2) is 0 Å². The number of rotatable bonds is 7. The molecule has 9 heteroatoms. The first-order chi connectivity index (χ1) is 19.5. The lowest BCUT2D eigenvalue weighted by Gasteiger charge is -2.17. The van der Waals surface area contributed by atoms with Crippen LogP contribution in [0.15, 0.2) is 66.2 Å². The van der Waals surface area contributed by atoms with Gasteiger partial charge in [0.2, 0.25) is 0 Å². The van der Waals surface area contributed by atoms with E-state index < -0.39 is 5.97 Å². The van der Waals surface area contributed by atoms with E-state index in [1.165, 1.54) is 0 Å². The third kappa shape index (κ3) is 4.63. The summed E-state index contributed by atoms with van der Waals surface area (Å²) in [5.41, 5.74) is 11.3. The number of carboxylic acid groups (broad SMARTS) is 1. The Morgan fingerprint density at radius 3 is 2.67 bits per heavy atom. The lowest BCUT2D eigenvalue weighted by atomic mass is 9.90. The molecule has 0 spiro atoms. The SMILES string of the molecule is CCCn1cc2c(C(=O)O)c(-c3cc4c(cc3C(=O)Nc3ccc(CN)cc3)-c3sccc3CCO4)ccc2n1. The second kappa shape index (κ2) is 10.6. The summed E-state index contributed by atoms with van der Waals surface area (Å²) in [6.45, 7) is 3.61. The number of nitrogens with two attached hydrogens (primary N) is 1. The van der Waals surface area contributed by atoms with Crippen LogP contribution in [0.25, 0.3) is 32.5 Å². The minimum atomic E-state index is -1.09. The molecule has 40 heavy (non-hydrogen) atoms. The summed E-state index contributed by atoms with van der Waals surface area (Å²) >= 11 is 1.60. The topological polar surface area (TPSA) is 119 Å². The molecule has 0 bridgehead atoms. The number of carbonyl (C=O) groups excluding carboxylic acids is 1. The molecule has 3 aromatic carbocycles. The molecular weight excluding hydrogens is 524 g/mol. The fourth-order valence-corrected chi connectivity index (χ4v) is 6.17. The van der Waals surface area contributed by atoms with Crippen LogP contribution in [0.5, 0.6) is 5.75 Å². The number of hydrogen-bond donors (Lipinski definition) is 3. The number of hydrogen-bond acceptors (Lipinski definition) is 6. The molecule has 0 saturated carbocycles. The highest BCUT2D eigenvalue weighted by Crippen LogP contribution is 2.44. The zero-order valence-corrected chi connectivity index (χ0v) is 22.8. The Labute approximate surface area is 235 Å². The number of fused-ring (bicyclic) bond motifs is 4. The number of benzene rings is 3. The molecule has 0 fully saturated rings. The molecule has 6 rings (SSSR count). The summed E-state index contributed by atoms with van der Waals surface area (Å²) in [5.74, 6) is -0.811. The van der Waals surface area contributed by atoms with Gasteiger partial charge in [0.25, 0.3) is 5.91 Å². The number of aryl methyl sites for hydroxylation is 1. The third-order valence-electron chi connectivity index (χ3n) is 7.13. The van der Waals surface area contributed by atoms with Crippen molar-refractivity contribution >= 4 is 39.8 Å². The molecule has 0 radical (unpaired) electrons. The van der Waals surface area contributed by atoms with E-state index >= 15 is 0 Å². The van der Waals surface area contributed by atoms with E-state index in [2.05, 4.69) is 16.5 Å². The lowest BCUT2D eigenvalue weighted by molar-refractivity contribution is 0.0699. The van der Waals surface area contributed by atoms with E-state index in [0.717, 1.165) is 34.4 Å². The Morgan fingerprint density at radius 2 is 1.93 bits per heavy atom. The van der Waals surface area contributed by atoms with Crippen LogP contribution in [-0.4, -0.2) is 33.4 Å². The fourth-order valence-electron chi connectivity index (χ4n) is 5.19. The van der Waals surface area contributed by atoms with Crippen LogP contribution in [0.3, 0.4) is 0 Å². The molecule has 2 aromatic heterocycles. The van der Waals surface area contributed by atoms with Crippen molar-refractivity contribution in [2.45, 2.75) is 32.9 Å². The van der Waals surface area contributed by atoms with Crippen molar-refractivity contribution in [3.63, 3.8) is 0 Å². The fraction of sp³-hybridized carbons (Fsp3) is 0.194. The summed E-state index contributed by atoms with van der Waals surface area (Å²) in [5, 5.41) is 20.5. The molecule has 0 unspecified atom stereocenters. The van der Waals surface area contributed by atoms with Gasteiger partial charge in [0, 0.05) is 52.8 Å². The van der Waals surface area contributed by atoms with Crippen molar-refractivity contribution in [2.24, 2.45) is 5.73 Å². The van der Waals surface area contributed by atoms with E-state index in [0.29, 0.717) is 58.7 Å². The molecule has 1 aliphatic rings. The summed E-state index contributed by atoms with van der Waals surface area (Å²) in [4.78, 5) is 27.6. The normalized spacial score (nSPS) is 12.3. The summed E-state index contributed by atoms with van der Waals surface area (Å²) < 4.78 is 7.91. The molecule has 0 aliphatic carbocycles. The number of nitrogens with one attached hydrogen (secondary N) is 1. The minimum Gasteiger partial charge on any atom is -0.493 e. The third-order valence-corrected chi connectivity index (χ3v) is 8.12. The number of anilines is 1. The van der Waals surface area contributed by atoms with E-state index in [1.54, 1.807) is 52.5 Å². The number of nitrogens with zero attached hydrogens (tertiary/aromatic N) is 2. The number of aromatic carboxylic acids is 1. The van der Waals surface area contributed by atoms with Crippen molar-refractivity contribution < 1.29 is 19.4 Å². The zero-order chi connectivity index (χ0) is 27.8. The molecule has 202 valence electrons. The minimum absolute atomic E-state index is 0.103. The Balaban J connectivity index is 1.55. The Morgan fingerprint density at radius 1 is 1.10 bits per heavy atom. The molecule has 8 nitrogen and oxygen atoms in total. The Bertz CT molecular complexity index is 1750. The molecule has 1 amide bonds. The van der Waals surface area contributed by atoms with Gasteiger partial charge in [0.05, 0.1) is 17.7 Å². The highest BCUT2D eigenvalue weighted by molar-refractivity contribution is 7.13. The maximum absolute atomic E-state index is 13.9. The van der Waals surface area contributed by atoms with E-state index in [9.17, 15) is 14.7 Å². The lowest BCUT2D eigenvalue weighted by Crippen LogP contribution is -2.14. The van der Waals surface area contributed by atoms with Gasteiger partial charge in [0.1, 0.15) is 5.75 Å². The van der Waals surface area contributed by atoms with Crippen molar-refractivity contribution in [1.29, 1.82) is 0 Å². The second-order valence-electron chi connectivity index (χ2n) is 9.74. The molecule has 3 heterocycles. The number of carboxylic acids is 1. The van der Waals surface area contributed by atoms with Crippen LogP contribution in [0.2, 0.25) is 0 Å². The van der Waals surface area contributed by atoms with Gasteiger partial charge in [-0.25, -0.2) is 4.79 Å². The number of aromatic nitrogens is 2. The molecule has 0 atom stereocenters. The number of ether oxygens (including phenoxy) is 1. The van der Waals surface area contributed by atoms with Crippen LogP contribution in [0, 0.1) is 0 Å². The number of thiophene rings is 1. The first-order valence-electron chi connectivity index (χ1n) is 13.2. The average Bonchev–Trinajstić information content (AvgIpc) is 3.55. The average molecular weight is 553 g/mol. The van der Waals surface area contributed by atoms with Gasteiger partial charge in [-0.3, -0.25) is 9.48 Å². The van der Waals surface area contributed by atoms with Gasteiger partial charge < -0.3 is 20.9 Å². The summed E-state index contributed by atoms with van der Waals surface area (Å²) in [6.07, 6.45) is 3.38. The van der Waals surface area contributed by atoms with E-state index in [-0.39, 0.29) is 11.5 Å². The van der Waals surface area contributed by atoms with E-state index in [4.69, 9.17) is 10.5 Å². The molecule has 0 saturated heterocycles. The number of carbonyl (C=O) groups is 2. The van der Waals surface area contributed by atoms with Crippen LogP contribution in [0.4, 0.5) is 5.69 Å². The van der Waals surface area contributed by atoms with Gasteiger partial charge in [-0.2, -0.15) is 5.10 Å². The molecular formula is C31H28N4O4S. The monoisotopic (exact) mass is 552 g/mol. The molecule has 1 aliphatic heterocycles.